The van der Waals surface area contributed by atoms with Crippen LogP contribution in [-0.2, 0) is 9.67 Å². The minimum Gasteiger partial charge on any atom is -0.338 e. The predicted octanol–water partition coefficient (Wildman–Crippen LogP) is 4.25. The van der Waals surface area contributed by atoms with Crippen LogP contribution in [0.4, 0.5) is 0 Å². The van der Waals surface area contributed by atoms with Gasteiger partial charge in [0.2, 0.25) is 0 Å². The molecule has 0 saturated carbocycles. The van der Waals surface area contributed by atoms with Gasteiger partial charge in [-0.2, -0.15) is 0 Å². The Kier molecular flexibility index (Phi) is 5.59. The van der Waals surface area contributed by atoms with Crippen LogP contribution >= 0.6 is 34.8 Å². The van der Waals surface area contributed by atoms with Gasteiger partial charge in [-0.3, -0.25) is 4.79 Å². The summed E-state index contributed by atoms with van der Waals surface area (Å²) in [7, 11) is 2.04. The molecule has 1 amide bonds. The highest BCUT2D eigenvalue weighted by molar-refractivity contribution is 6.42. The van der Waals surface area contributed by atoms with E-state index in [2.05, 4.69) is 4.90 Å². The molecule has 0 aromatic heterocycles. The van der Waals surface area contributed by atoms with Crippen molar-refractivity contribution in [3.63, 3.8) is 0 Å². The first-order chi connectivity index (χ1) is 11.9. The maximum absolute atomic E-state index is 13.5. The zero-order chi connectivity index (χ0) is 18.0. The molecule has 1 aliphatic rings. The van der Waals surface area contributed by atoms with Crippen LogP contribution in [0.2, 0.25) is 10.0 Å². The molecular weight excluding hydrogens is 379 g/mol. The third-order valence-electron chi connectivity index (χ3n) is 4.58. The van der Waals surface area contributed by atoms with Gasteiger partial charge >= 0.3 is 0 Å². The SMILES string of the molecule is CN1CCN(C(=O)C(Cl)(c2ccccc2Cl)c2ccccc2Cl)CC1. The van der Waals surface area contributed by atoms with E-state index in [1.807, 2.05) is 31.3 Å². The van der Waals surface area contributed by atoms with Crippen molar-refractivity contribution in [1.29, 1.82) is 0 Å². The molecule has 2 aromatic carbocycles. The molecule has 1 fully saturated rings. The zero-order valence-electron chi connectivity index (χ0n) is 13.9. The summed E-state index contributed by atoms with van der Waals surface area (Å²) < 4.78 is 0. The van der Waals surface area contributed by atoms with Crippen LogP contribution in [-0.4, -0.2) is 48.9 Å². The fourth-order valence-corrected chi connectivity index (χ4v) is 4.18. The Morgan fingerprint density at radius 3 is 1.76 bits per heavy atom. The lowest BCUT2D eigenvalue weighted by Gasteiger charge is -2.38. The van der Waals surface area contributed by atoms with Crippen LogP contribution in [0.15, 0.2) is 48.5 Å². The van der Waals surface area contributed by atoms with Crippen molar-refractivity contribution in [2.75, 3.05) is 33.2 Å². The van der Waals surface area contributed by atoms with Crippen LogP contribution in [0.3, 0.4) is 0 Å². The Hall–Kier alpha value is -1.26. The molecule has 6 heteroatoms. The van der Waals surface area contributed by atoms with E-state index in [9.17, 15) is 4.79 Å². The maximum Gasteiger partial charge on any atom is 0.253 e. The van der Waals surface area contributed by atoms with E-state index in [1.54, 1.807) is 29.2 Å². The molecule has 0 unspecified atom stereocenters. The van der Waals surface area contributed by atoms with E-state index < -0.39 is 4.87 Å². The van der Waals surface area contributed by atoms with Gasteiger partial charge in [0.05, 0.1) is 0 Å². The van der Waals surface area contributed by atoms with Gasteiger partial charge in [0.25, 0.3) is 5.91 Å². The van der Waals surface area contributed by atoms with Crippen molar-refractivity contribution in [2.24, 2.45) is 0 Å². The summed E-state index contributed by atoms with van der Waals surface area (Å²) in [5, 5.41) is 0.889. The smallest absolute Gasteiger partial charge is 0.253 e. The van der Waals surface area contributed by atoms with Gasteiger partial charge in [0.1, 0.15) is 0 Å². The van der Waals surface area contributed by atoms with Crippen LogP contribution in [0.5, 0.6) is 0 Å². The van der Waals surface area contributed by atoms with Crippen molar-refractivity contribution < 1.29 is 4.79 Å². The Bertz CT molecular complexity index is 727. The molecule has 1 aliphatic heterocycles. The van der Waals surface area contributed by atoms with Gasteiger partial charge in [0, 0.05) is 47.4 Å². The fraction of sp³-hybridized carbons (Fsp3) is 0.316. The van der Waals surface area contributed by atoms with E-state index in [0.717, 1.165) is 13.1 Å². The van der Waals surface area contributed by atoms with Gasteiger partial charge in [-0.1, -0.05) is 71.2 Å². The molecule has 2 aromatic rings. The Morgan fingerprint density at radius 2 is 1.32 bits per heavy atom. The zero-order valence-corrected chi connectivity index (χ0v) is 16.2. The number of likely N-dealkylation sites (N-methyl/N-ethyl adjacent to an activating group) is 1. The number of amides is 1. The number of carbonyl (C=O) groups is 1. The second-order valence-electron chi connectivity index (χ2n) is 6.21. The molecule has 3 rings (SSSR count). The second-order valence-corrected chi connectivity index (χ2v) is 7.59. The number of nitrogens with zero attached hydrogens (tertiary/aromatic N) is 2. The van der Waals surface area contributed by atoms with Crippen LogP contribution in [0, 0.1) is 0 Å². The highest BCUT2D eigenvalue weighted by Crippen LogP contribution is 2.44. The van der Waals surface area contributed by atoms with Gasteiger partial charge in [-0.25, -0.2) is 0 Å². The van der Waals surface area contributed by atoms with Crippen molar-refractivity contribution in [3.05, 3.63) is 69.7 Å². The first-order valence-electron chi connectivity index (χ1n) is 8.11. The number of halogens is 3. The summed E-state index contributed by atoms with van der Waals surface area (Å²) >= 11 is 19.9. The molecule has 0 spiro atoms. The van der Waals surface area contributed by atoms with Crippen molar-refractivity contribution in [2.45, 2.75) is 4.87 Å². The fourth-order valence-electron chi connectivity index (χ4n) is 3.08. The molecule has 0 atom stereocenters. The lowest BCUT2D eigenvalue weighted by atomic mass is 9.88. The molecule has 25 heavy (non-hydrogen) atoms. The van der Waals surface area contributed by atoms with Crippen molar-refractivity contribution in [3.8, 4) is 0 Å². The van der Waals surface area contributed by atoms with Gasteiger partial charge in [-0.15, -0.1) is 0 Å². The average Bonchev–Trinajstić information content (AvgIpc) is 2.62. The number of hydrogen-bond donors (Lipinski definition) is 0. The lowest BCUT2D eigenvalue weighted by molar-refractivity contribution is -0.134. The number of carbonyl (C=O) groups excluding carboxylic acids is 1. The number of alkyl halides is 1. The summed E-state index contributed by atoms with van der Waals surface area (Å²) in [6, 6.07) is 14.3. The molecule has 0 N–H and O–H groups in total. The molecule has 1 saturated heterocycles. The minimum atomic E-state index is -1.45. The number of rotatable bonds is 3. The van der Waals surface area contributed by atoms with Gasteiger partial charge < -0.3 is 9.80 Å². The quantitative estimate of drug-likeness (QED) is 0.723. The second kappa shape index (κ2) is 7.55. The standard InChI is InChI=1S/C19H19Cl3N2O/c1-23-10-12-24(13-11-23)18(25)19(22,14-6-2-4-8-16(14)20)15-7-3-5-9-17(15)21/h2-9H,10-13H2,1H3. The summed E-state index contributed by atoms with van der Waals surface area (Å²) in [6.07, 6.45) is 0. The van der Waals surface area contributed by atoms with Crippen LogP contribution < -0.4 is 0 Å². The van der Waals surface area contributed by atoms with Gasteiger partial charge in [-0.05, 0) is 19.2 Å². The van der Waals surface area contributed by atoms with E-state index in [0.29, 0.717) is 34.3 Å². The van der Waals surface area contributed by atoms with E-state index in [-0.39, 0.29) is 5.91 Å². The molecule has 0 radical (unpaired) electrons. The molecule has 0 bridgehead atoms. The van der Waals surface area contributed by atoms with E-state index in [4.69, 9.17) is 34.8 Å². The summed E-state index contributed by atoms with van der Waals surface area (Å²) in [4.78, 5) is 16.0. The minimum absolute atomic E-state index is 0.191. The average molecular weight is 398 g/mol. The Balaban J connectivity index is 2.11. The summed E-state index contributed by atoms with van der Waals surface area (Å²) in [5.74, 6) is -0.191. The maximum atomic E-state index is 13.5. The Labute approximate surface area is 163 Å². The van der Waals surface area contributed by atoms with Crippen LogP contribution in [0.1, 0.15) is 11.1 Å². The normalized spacial score (nSPS) is 16.1. The van der Waals surface area contributed by atoms with E-state index in [1.165, 1.54) is 0 Å². The van der Waals surface area contributed by atoms with Crippen molar-refractivity contribution in [1.82, 2.24) is 9.80 Å². The third-order valence-corrected chi connectivity index (χ3v) is 5.80. The van der Waals surface area contributed by atoms with Crippen LogP contribution in [0.25, 0.3) is 0 Å². The highest BCUT2D eigenvalue weighted by Gasteiger charge is 2.45. The monoisotopic (exact) mass is 396 g/mol. The Morgan fingerprint density at radius 1 is 0.880 bits per heavy atom. The first kappa shape index (κ1) is 18.5. The molecule has 1 heterocycles. The number of piperazine rings is 1. The topological polar surface area (TPSA) is 23.6 Å². The van der Waals surface area contributed by atoms with E-state index >= 15 is 0 Å². The largest absolute Gasteiger partial charge is 0.338 e. The van der Waals surface area contributed by atoms with Crippen molar-refractivity contribution >= 4 is 40.7 Å². The number of hydrogen-bond acceptors (Lipinski definition) is 2. The summed E-state index contributed by atoms with van der Waals surface area (Å²) in [5.41, 5.74) is 1.10. The molecule has 0 aliphatic carbocycles. The van der Waals surface area contributed by atoms with Gasteiger partial charge in [0.15, 0.2) is 4.87 Å². The third kappa shape index (κ3) is 3.52. The first-order valence-corrected chi connectivity index (χ1v) is 9.25. The lowest BCUT2D eigenvalue weighted by Crippen LogP contribution is -2.52. The predicted molar refractivity (Wildman–Crippen MR) is 104 cm³/mol. The molecule has 3 nitrogen and oxygen atoms in total. The molecule has 132 valence electrons. The molecular formula is C19H19Cl3N2O. The highest BCUT2D eigenvalue weighted by atomic mass is 35.5. The summed E-state index contributed by atoms with van der Waals surface area (Å²) in [6.45, 7) is 2.87. The number of benzene rings is 2.